The SMILES string of the molecule is COCC1=CCN(C(=O)NC2CCc3c(O)cccc32)CC1. The topological polar surface area (TPSA) is 61.8 Å². The van der Waals surface area contributed by atoms with Gasteiger partial charge in [-0.05, 0) is 42.0 Å². The first-order valence-corrected chi connectivity index (χ1v) is 7.72. The highest BCUT2D eigenvalue weighted by Gasteiger charge is 2.27. The highest BCUT2D eigenvalue weighted by atomic mass is 16.5. The molecule has 1 unspecified atom stereocenters. The van der Waals surface area contributed by atoms with Crippen LogP contribution in [0, 0.1) is 0 Å². The van der Waals surface area contributed by atoms with Crippen molar-refractivity contribution in [1.82, 2.24) is 10.2 Å². The quantitative estimate of drug-likeness (QED) is 0.843. The van der Waals surface area contributed by atoms with Crippen molar-refractivity contribution in [2.24, 2.45) is 0 Å². The van der Waals surface area contributed by atoms with Gasteiger partial charge in [0.15, 0.2) is 0 Å². The largest absolute Gasteiger partial charge is 0.508 e. The normalized spacial score (nSPS) is 20.5. The second kappa shape index (κ2) is 6.40. The van der Waals surface area contributed by atoms with Gasteiger partial charge in [-0.15, -0.1) is 0 Å². The fourth-order valence-electron chi connectivity index (χ4n) is 3.24. The number of urea groups is 1. The number of hydrogen-bond donors (Lipinski definition) is 2. The average Bonchev–Trinajstić information content (AvgIpc) is 2.93. The van der Waals surface area contributed by atoms with Gasteiger partial charge in [-0.2, -0.15) is 0 Å². The number of rotatable bonds is 3. The van der Waals surface area contributed by atoms with Gasteiger partial charge in [0.05, 0.1) is 12.6 Å². The first-order chi connectivity index (χ1) is 10.7. The van der Waals surface area contributed by atoms with Gasteiger partial charge < -0.3 is 20.1 Å². The summed E-state index contributed by atoms with van der Waals surface area (Å²) in [5.41, 5.74) is 3.26. The summed E-state index contributed by atoms with van der Waals surface area (Å²) >= 11 is 0. The Morgan fingerprint density at radius 3 is 3.05 bits per heavy atom. The zero-order valence-corrected chi connectivity index (χ0v) is 12.8. The number of nitrogens with one attached hydrogen (secondary N) is 1. The van der Waals surface area contributed by atoms with Gasteiger partial charge in [0.1, 0.15) is 5.75 Å². The predicted octanol–water partition coefficient (Wildman–Crippen LogP) is 2.37. The Bertz CT molecular complexity index is 598. The van der Waals surface area contributed by atoms with Crippen molar-refractivity contribution in [2.45, 2.75) is 25.3 Å². The molecule has 2 amide bonds. The molecular weight excluding hydrogens is 280 g/mol. The second-order valence-electron chi connectivity index (χ2n) is 5.88. The Morgan fingerprint density at radius 1 is 1.45 bits per heavy atom. The highest BCUT2D eigenvalue weighted by molar-refractivity contribution is 5.75. The number of phenolic OH excluding ortho intramolecular Hbond substituents is 1. The number of ether oxygens (including phenoxy) is 1. The van der Waals surface area contributed by atoms with E-state index in [1.807, 2.05) is 17.0 Å². The molecule has 3 rings (SSSR count). The van der Waals surface area contributed by atoms with E-state index in [0.717, 1.165) is 36.9 Å². The molecule has 2 aliphatic rings. The minimum absolute atomic E-state index is 0.000971. The number of hydrogen-bond acceptors (Lipinski definition) is 3. The van der Waals surface area contributed by atoms with Gasteiger partial charge in [-0.1, -0.05) is 18.2 Å². The molecule has 1 aliphatic heterocycles. The third-order valence-corrected chi connectivity index (χ3v) is 4.46. The van der Waals surface area contributed by atoms with Crippen molar-refractivity contribution < 1.29 is 14.6 Å². The van der Waals surface area contributed by atoms with Crippen molar-refractivity contribution in [3.8, 4) is 5.75 Å². The molecule has 0 saturated carbocycles. The number of methoxy groups -OCH3 is 1. The fraction of sp³-hybridized carbons (Fsp3) is 0.471. The smallest absolute Gasteiger partial charge is 0.318 e. The monoisotopic (exact) mass is 302 g/mol. The van der Waals surface area contributed by atoms with E-state index >= 15 is 0 Å². The minimum Gasteiger partial charge on any atom is -0.508 e. The lowest BCUT2D eigenvalue weighted by atomic mass is 10.1. The summed E-state index contributed by atoms with van der Waals surface area (Å²) in [6.07, 6.45) is 4.59. The first-order valence-electron chi connectivity index (χ1n) is 7.72. The van der Waals surface area contributed by atoms with E-state index in [1.54, 1.807) is 13.2 Å². The molecule has 22 heavy (non-hydrogen) atoms. The van der Waals surface area contributed by atoms with E-state index in [4.69, 9.17) is 4.74 Å². The third kappa shape index (κ3) is 2.95. The molecule has 1 aliphatic carbocycles. The summed E-state index contributed by atoms with van der Waals surface area (Å²) in [6, 6.07) is 5.49. The van der Waals surface area contributed by atoms with Crippen LogP contribution in [0.4, 0.5) is 4.79 Å². The van der Waals surface area contributed by atoms with E-state index in [1.165, 1.54) is 5.57 Å². The maximum absolute atomic E-state index is 12.4. The van der Waals surface area contributed by atoms with Crippen LogP contribution in [0.15, 0.2) is 29.8 Å². The van der Waals surface area contributed by atoms with Crippen molar-refractivity contribution in [2.75, 3.05) is 26.8 Å². The molecule has 0 spiro atoms. The fourth-order valence-corrected chi connectivity index (χ4v) is 3.24. The molecule has 0 saturated heterocycles. The first kappa shape index (κ1) is 14.9. The van der Waals surface area contributed by atoms with Crippen LogP contribution in [0.1, 0.15) is 30.0 Å². The van der Waals surface area contributed by atoms with Crippen LogP contribution >= 0.6 is 0 Å². The molecular formula is C17H22N2O3. The van der Waals surface area contributed by atoms with Crippen LogP contribution in [-0.2, 0) is 11.2 Å². The van der Waals surface area contributed by atoms with Gasteiger partial charge >= 0.3 is 6.03 Å². The summed E-state index contributed by atoms with van der Waals surface area (Å²) < 4.78 is 5.12. The summed E-state index contributed by atoms with van der Waals surface area (Å²) in [7, 11) is 1.69. The van der Waals surface area contributed by atoms with Gasteiger partial charge in [-0.3, -0.25) is 0 Å². The van der Waals surface area contributed by atoms with Crippen molar-refractivity contribution in [3.63, 3.8) is 0 Å². The lowest BCUT2D eigenvalue weighted by Gasteiger charge is -2.28. The van der Waals surface area contributed by atoms with Gasteiger partial charge in [-0.25, -0.2) is 4.79 Å². The lowest BCUT2D eigenvalue weighted by Crippen LogP contribution is -2.43. The average molecular weight is 302 g/mol. The summed E-state index contributed by atoms with van der Waals surface area (Å²) in [4.78, 5) is 14.2. The Kier molecular flexibility index (Phi) is 4.34. The lowest BCUT2D eigenvalue weighted by molar-refractivity contribution is 0.190. The number of carbonyl (C=O) groups excluding carboxylic acids is 1. The van der Waals surface area contributed by atoms with Crippen molar-refractivity contribution >= 4 is 6.03 Å². The number of phenols is 1. The zero-order chi connectivity index (χ0) is 15.5. The van der Waals surface area contributed by atoms with E-state index in [0.29, 0.717) is 18.9 Å². The van der Waals surface area contributed by atoms with E-state index in [2.05, 4.69) is 11.4 Å². The van der Waals surface area contributed by atoms with Gasteiger partial charge in [0.25, 0.3) is 0 Å². The van der Waals surface area contributed by atoms with Crippen LogP contribution in [0.2, 0.25) is 0 Å². The van der Waals surface area contributed by atoms with Crippen LogP contribution in [-0.4, -0.2) is 42.8 Å². The number of carbonyl (C=O) groups is 1. The Labute approximate surface area is 130 Å². The van der Waals surface area contributed by atoms with E-state index in [-0.39, 0.29) is 12.1 Å². The molecule has 5 nitrogen and oxygen atoms in total. The Hall–Kier alpha value is -2.01. The number of fused-ring (bicyclic) bond motifs is 1. The standard InChI is InChI=1S/C17H22N2O3/c1-22-11-12-7-9-19(10-8-12)17(21)18-15-6-5-14-13(15)3-2-4-16(14)20/h2-4,7,15,20H,5-6,8-11H2,1H3,(H,18,21). The molecule has 2 N–H and O–H groups in total. The van der Waals surface area contributed by atoms with Crippen LogP contribution < -0.4 is 5.32 Å². The van der Waals surface area contributed by atoms with Gasteiger partial charge in [0.2, 0.25) is 0 Å². The Balaban J connectivity index is 1.62. The molecule has 1 aromatic carbocycles. The maximum atomic E-state index is 12.4. The van der Waals surface area contributed by atoms with Crippen LogP contribution in [0.3, 0.4) is 0 Å². The number of aromatic hydroxyl groups is 1. The molecule has 1 atom stereocenters. The van der Waals surface area contributed by atoms with Gasteiger partial charge in [0, 0.05) is 20.2 Å². The molecule has 0 radical (unpaired) electrons. The van der Waals surface area contributed by atoms with E-state index in [9.17, 15) is 9.90 Å². The molecule has 1 aromatic rings. The van der Waals surface area contributed by atoms with E-state index < -0.39 is 0 Å². The summed E-state index contributed by atoms with van der Waals surface area (Å²) in [6.45, 7) is 2.00. The van der Waals surface area contributed by atoms with Crippen molar-refractivity contribution in [1.29, 1.82) is 0 Å². The molecule has 0 bridgehead atoms. The predicted molar refractivity (Wildman–Crippen MR) is 83.8 cm³/mol. The molecule has 118 valence electrons. The Morgan fingerprint density at radius 2 is 2.32 bits per heavy atom. The molecule has 1 heterocycles. The minimum atomic E-state index is -0.0334. The highest BCUT2D eigenvalue weighted by Crippen LogP contribution is 2.36. The number of amides is 2. The van der Waals surface area contributed by atoms with Crippen LogP contribution in [0.5, 0.6) is 5.75 Å². The second-order valence-corrected chi connectivity index (χ2v) is 5.88. The zero-order valence-electron chi connectivity index (χ0n) is 12.8. The van der Waals surface area contributed by atoms with Crippen molar-refractivity contribution in [3.05, 3.63) is 41.0 Å². The maximum Gasteiger partial charge on any atom is 0.318 e. The molecule has 5 heteroatoms. The third-order valence-electron chi connectivity index (χ3n) is 4.46. The number of nitrogens with zero attached hydrogens (tertiary/aromatic N) is 1. The summed E-state index contributed by atoms with van der Waals surface area (Å²) in [5, 5.41) is 13.0. The van der Waals surface area contributed by atoms with Crippen LogP contribution in [0.25, 0.3) is 0 Å². The molecule has 0 aromatic heterocycles. The summed E-state index contributed by atoms with van der Waals surface area (Å²) in [5.74, 6) is 0.333. The number of benzene rings is 1. The molecule has 0 fully saturated rings.